The number of thiol groups is 1. The predicted molar refractivity (Wildman–Crippen MR) is 103 cm³/mol. The summed E-state index contributed by atoms with van der Waals surface area (Å²) in [6, 6.07) is 0. The summed E-state index contributed by atoms with van der Waals surface area (Å²) in [5.41, 5.74) is 4.27. The second kappa shape index (κ2) is 5.41. The molecule has 0 amide bonds. The lowest BCUT2D eigenvalue weighted by atomic mass is 9.47. The quantitative estimate of drug-likeness (QED) is 0.525. The molecule has 0 bridgehead atoms. The molecule has 1 heteroatoms. The molecule has 0 aliphatic heterocycles. The Morgan fingerprint density at radius 2 is 1.83 bits per heavy atom. The first-order valence-electron chi connectivity index (χ1n) is 9.99. The van der Waals surface area contributed by atoms with E-state index in [9.17, 15) is 0 Å². The number of hydrogen-bond acceptors (Lipinski definition) is 1. The van der Waals surface area contributed by atoms with E-state index in [1.54, 1.807) is 11.1 Å². The van der Waals surface area contributed by atoms with Gasteiger partial charge in [0.05, 0.1) is 0 Å². The van der Waals surface area contributed by atoms with Crippen molar-refractivity contribution in [2.75, 3.05) is 0 Å². The van der Waals surface area contributed by atoms with Gasteiger partial charge >= 0.3 is 0 Å². The number of rotatable bonds is 1. The van der Waals surface area contributed by atoms with E-state index in [0.29, 0.717) is 16.1 Å². The van der Waals surface area contributed by atoms with E-state index in [4.69, 9.17) is 12.6 Å². The van der Waals surface area contributed by atoms with Crippen LogP contribution in [0.2, 0.25) is 0 Å². The average molecular weight is 331 g/mol. The van der Waals surface area contributed by atoms with Crippen molar-refractivity contribution in [1.82, 2.24) is 0 Å². The summed E-state index contributed by atoms with van der Waals surface area (Å²) in [5, 5.41) is 0.475. The molecular formula is C22H34S. The Hall–Kier alpha value is -0.170. The molecule has 0 nitrogen and oxygen atoms in total. The Balaban J connectivity index is 1.76. The van der Waals surface area contributed by atoms with Gasteiger partial charge in [-0.25, -0.2) is 0 Å². The third-order valence-corrected chi connectivity index (χ3v) is 9.05. The van der Waals surface area contributed by atoms with Crippen molar-refractivity contribution in [3.05, 3.63) is 23.3 Å². The monoisotopic (exact) mass is 330 g/mol. The van der Waals surface area contributed by atoms with Crippen LogP contribution in [-0.4, -0.2) is 5.25 Å². The van der Waals surface area contributed by atoms with E-state index < -0.39 is 0 Å². The van der Waals surface area contributed by atoms with Crippen molar-refractivity contribution in [3.8, 4) is 0 Å². The molecular weight excluding hydrogens is 296 g/mol. The number of hydrogen-bond donors (Lipinski definition) is 1. The van der Waals surface area contributed by atoms with Gasteiger partial charge in [0, 0.05) is 5.25 Å². The molecule has 4 rings (SSSR count). The molecule has 23 heavy (non-hydrogen) atoms. The molecule has 2 saturated carbocycles. The molecule has 7 atom stereocenters. The van der Waals surface area contributed by atoms with Crippen molar-refractivity contribution < 1.29 is 0 Å². The normalized spacial score (nSPS) is 52.1. The van der Waals surface area contributed by atoms with Crippen LogP contribution < -0.4 is 0 Å². The summed E-state index contributed by atoms with van der Waals surface area (Å²) >= 11 is 4.77. The smallest absolute Gasteiger partial charge is 0.0203 e. The third kappa shape index (κ3) is 2.17. The molecule has 0 heterocycles. The summed E-state index contributed by atoms with van der Waals surface area (Å²) in [6.07, 6.45) is 15.1. The van der Waals surface area contributed by atoms with Gasteiger partial charge in [0.1, 0.15) is 0 Å². The van der Waals surface area contributed by atoms with Gasteiger partial charge in [-0.1, -0.05) is 44.9 Å². The Kier molecular flexibility index (Phi) is 3.84. The molecule has 0 aromatic carbocycles. The maximum absolute atomic E-state index is 4.77. The second-order valence-corrected chi connectivity index (χ2v) is 10.1. The highest BCUT2D eigenvalue weighted by molar-refractivity contribution is 7.81. The van der Waals surface area contributed by atoms with Gasteiger partial charge in [-0.3, -0.25) is 0 Å². The van der Waals surface area contributed by atoms with E-state index in [0.717, 1.165) is 23.7 Å². The van der Waals surface area contributed by atoms with Crippen molar-refractivity contribution in [1.29, 1.82) is 0 Å². The van der Waals surface area contributed by atoms with E-state index >= 15 is 0 Å². The van der Waals surface area contributed by atoms with Crippen LogP contribution in [0.25, 0.3) is 0 Å². The molecule has 4 aliphatic rings. The maximum atomic E-state index is 4.77. The summed E-state index contributed by atoms with van der Waals surface area (Å²) in [5.74, 6) is 3.63. The molecule has 4 aliphatic carbocycles. The van der Waals surface area contributed by atoms with E-state index in [1.165, 1.54) is 44.9 Å². The van der Waals surface area contributed by atoms with Crippen LogP contribution in [0.15, 0.2) is 23.3 Å². The largest absolute Gasteiger partial charge is 0.172 e. The molecule has 7 unspecified atom stereocenters. The zero-order valence-corrected chi connectivity index (χ0v) is 16.3. The van der Waals surface area contributed by atoms with Crippen molar-refractivity contribution in [2.24, 2.45) is 34.5 Å². The fourth-order valence-corrected chi connectivity index (χ4v) is 7.62. The topological polar surface area (TPSA) is 0 Å². The minimum absolute atomic E-state index is 0.425. The first kappa shape index (κ1) is 16.3. The maximum Gasteiger partial charge on any atom is 0.0203 e. The zero-order chi connectivity index (χ0) is 16.4. The zero-order valence-electron chi connectivity index (χ0n) is 15.4. The molecule has 0 N–H and O–H groups in total. The lowest BCUT2D eigenvalue weighted by molar-refractivity contribution is -0.0165. The fraction of sp³-hybridized carbons (Fsp3) is 0.818. The lowest BCUT2D eigenvalue weighted by Gasteiger charge is -2.57. The summed E-state index contributed by atoms with van der Waals surface area (Å²) in [4.78, 5) is 0. The van der Waals surface area contributed by atoms with Crippen LogP contribution in [0, 0.1) is 34.5 Å². The van der Waals surface area contributed by atoms with Gasteiger partial charge in [-0.05, 0) is 85.5 Å². The van der Waals surface area contributed by atoms with Crippen LogP contribution in [0.3, 0.4) is 0 Å². The Labute approximate surface area is 148 Å². The summed E-state index contributed by atoms with van der Waals surface area (Å²) < 4.78 is 0. The van der Waals surface area contributed by atoms with E-state index in [2.05, 4.69) is 39.8 Å². The molecule has 128 valence electrons. The lowest BCUT2D eigenvalue weighted by Crippen LogP contribution is -2.49. The predicted octanol–water partition coefficient (Wildman–Crippen LogP) is 6.44. The van der Waals surface area contributed by atoms with Crippen molar-refractivity contribution in [2.45, 2.75) is 77.9 Å². The Morgan fingerprint density at radius 3 is 2.57 bits per heavy atom. The third-order valence-electron chi connectivity index (χ3n) is 8.64. The highest BCUT2D eigenvalue weighted by Crippen LogP contribution is 2.66. The van der Waals surface area contributed by atoms with Crippen LogP contribution in [0.1, 0.15) is 72.6 Å². The molecule has 0 radical (unpaired) electrons. The summed E-state index contributed by atoms with van der Waals surface area (Å²) in [7, 11) is 0. The van der Waals surface area contributed by atoms with Gasteiger partial charge in [0.15, 0.2) is 0 Å². The Morgan fingerprint density at radius 1 is 1.04 bits per heavy atom. The summed E-state index contributed by atoms with van der Waals surface area (Å²) in [6.45, 7) is 10.0. The SMILES string of the molecule is CCC1CCC2C3C=C(C)C4=CC(S)CCC4(C)C3CCC12C. The molecule has 0 spiro atoms. The van der Waals surface area contributed by atoms with Gasteiger partial charge in [0.25, 0.3) is 0 Å². The number of fused-ring (bicyclic) bond motifs is 5. The van der Waals surface area contributed by atoms with Gasteiger partial charge in [-0.2, -0.15) is 12.6 Å². The van der Waals surface area contributed by atoms with E-state index in [-0.39, 0.29) is 0 Å². The standard InChI is InChI=1S/C22H34S/c1-5-15-6-7-18-17-12-14(2)20-13-16(23)8-10-22(20,4)19(17)9-11-21(15,18)3/h12-13,15-19,23H,5-11H2,1-4H3. The number of allylic oxidation sites excluding steroid dienone is 3. The van der Waals surface area contributed by atoms with Gasteiger partial charge < -0.3 is 0 Å². The average Bonchev–Trinajstić information content (AvgIpc) is 2.86. The minimum Gasteiger partial charge on any atom is -0.172 e. The molecule has 0 aromatic rings. The second-order valence-electron chi connectivity index (χ2n) is 9.47. The van der Waals surface area contributed by atoms with Gasteiger partial charge in [0.2, 0.25) is 0 Å². The highest BCUT2D eigenvalue weighted by Gasteiger charge is 2.57. The molecule has 0 aromatic heterocycles. The van der Waals surface area contributed by atoms with Crippen molar-refractivity contribution >= 4 is 12.6 Å². The molecule has 2 fully saturated rings. The first-order chi connectivity index (χ1) is 10.9. The minimum atomic E-state index is 0.425. The van der Waals surface area contributed by atoms with Crippen molar-refractivity contribution in [3.63, 3.8) is 0 Å². The van der Waals surface area contributed by atoms with E-state index in [1.807, 2.05) is 0 Å². The highest BCUT2D eigenvalue weighted by atomic mass is 32.1. The first-order valence-corrected chi connectivity index (χ1v) is 10.5. The van der Waals surface area contributed by atoms with Gasteiger partial charge in [-0.15, -0.1) is 0 Å². The molecule has 0 saturated heterocycles. The van der Waals surface area contributed by atoms with Crippen LogP contribution in [-0.2, 0) is 0 Å². The van der Waals surface area contributed by atoms with Crippen LogP contribution in [0.4, 0.5) is 0 Å². The van der Waals surface area contributed by atoms with Crippen LogP contribution in [0.5, 0.6) is 0 Å². The van der Waals surface area contributed by atoms with Crippen LogP contribution >= 0.6 is 12.6 Å². The fourth-order valence-electron chi connectivity index (χ4n) is 7.34. The Bertz CT molecular complexity index is 558.